The first kappa shape index (κ1) is 22.6. The van der Waals surface area contributed by atoms with Crippen LogP contribution in [0.1, 0.15) is 18.9 Å². The molecule has 1 aliphatic heterocycles. The van der Waals surface area contributed by atoms with Crippen LogP contribution in [0, 0.1) is 23.1 Å². The second-order valence-corrected chi connectivity index (χ2v) is 6.67. The normalized spacial score (nSPS) is 18.1. The van der Waals surface area contributed by atoms with E-state index >= 15 is 0 Å². The third-order valence-electron chi connectivity index (χ3n) is 4.37. The van der Waals surface area contributed by atoms with E-state index in [1.807, 2.05) is 0 Å². The van der Waals surface area contributed by atoms with Crippen molar-refractivity contribution in [3.05, 3.63) is 29.6 Å². The highest BCUT2D eigenvalue weighted by molar-refractivity contribution is 5.93. The number of carbonyl (C=O) groups is 2. The average Bonchev–Trinajstić information content (AvgIpc) is 3.11. The van der Waals surface area contributed by atoms with Crippen LogP contribution in [0.5, 0.6) is 0 Å². The number of halogens is 4. The Bertz CT molecular complexity index is 794. The smallest absolute Gasteiger partial charge is 0.356 e. The Morgan fingerprint density at radius 3 is 2.79 bits per heavy atom. The van der Waals surface area contributed by atoms with Gasteiger partial charge >= 0.3 is 6.18 Å². The first-order valence-corrected chi connectivity index (χ1v) is 8.77. The van der Waals surface area contributed by atoms with Gasteiger partial charge in [-0.05, 0) is 31.5 Å². The van der Waals surface area contributed by atoms with Gasteiger partial charge < -0.3 is 15.4 Å². The lowest BCUT2D eigenvalue weighted by Crippen LogP contribution is -2.44. The van der Waals surface area contributed by atoms with Crippen LogP contribution in [-0.4, -0.2) is 55.4 Å². The van der Waals surface area contributed by atoms with Gasteiger partial charge in [0.15, 0.2) is 0 Å². The lowest BCUT2D eigenvalue weighted by molar-refractivity contribution is -0.159. The minimum atomic E-state index is -4.52. The maximum atomic E-state index is 13.3. The zero-order chi connectivity index (χ0) is 21.6. The number of benzene rings is 1. The lowest BCUT2D eigenvalue weighted by Gasteiger charge is -2.18. The number of carbonyl (C=O) groups excluding carboxylic acids is 2. The summed E-state index contributed by atoms with van der Waals surface area (Å²) < 4.78 is 55.6. The third kappa shape index (κ3) is 6.69. The van der Waals surface area contributed by atoms with Gasteiger partial charge in [-0.25, -0.2) is 4.39 Å². The van der Waals surface area contributed by atoms with E-state index in [9.17, 15) is 27.2 Å². The van der Waals surface area contributed by atoms with Crippen LogP contribution in [0.15, 0.2) is 18.2 Å². The summed E-state index contributed by atoms with van der Waals surface area (Å²) in [5.74, 6) is -2.25. The number of alkyl halides is 3. The van der Waals surface area contributed by atoms with E-state index < -0.39 is 30.5 Å². The number of nitrogens with zero attached hydrogens (tertiary/aromatic N) is 2. The molecule has 7 nitrogen and oxygen atoms in total. The van der Waals surface area contributed by atoms with Gasteiger partial charge in [0.05, 0.1) is 18.2 Å². The second-order valence-electron chi connectivity index (χ2n) is 6.67. The van der Waals surface area contributed by atoms with Crippen molar-refractivity contribution in [2.45, 2.75) is 25.6 Å². The van der Waals surface area contributed by atoms with Gasteiger partial charge in [-0.1, -0.05) is 0 Å². The fraction of sp³-hybridized carbons (Fsp3) is 0.500. The average molecular weight is 416 g/mol. The fourth-order valence-electron chi connectivity index (χ4n) is 2.73. The zero-order valence-corrected chi connectivity index (χ0v) is 15.6. The van der Waals surface area contributed by atoms with Gasteiger partial charge in [0.2, 0.25) is 11.8 Å². The molecule has 0 bridgehead atoms. The predicted molar refractivity (Wildman–Crippen MR) is 93.9 cm³/mol. The van der Waals surface area contributed by atoms with Crippen LogP contribution in [0.2, 0.25) is 0 Å². The van der Waals surface area contributed by atoms with Crippen molar-refractivity contribution in [3.8, 4) is 6.07 Å². The van der Waals surface area contributed by atoms with Crippen molar-refractivity contribution < 1.29 is 31.9 Å². The molecule has 0 radical (unpaired) electrons. The van der Waals surface area contributed by atoms with E-state index in [0.717, 1.165) is 13.0 Å². The molecule has 1 saturated heterocycles. The molecule has 1 aromatic carbocycles. The molecule has 11 heteroatoms. The molecule has 1 aliphatic rings. The molecule has 0 aliphatic carbocycles. The number of likely N-dealkylation sites (tertiary alicyclic amines) is 1. The summed E-state index contributed by atoms with van der Waals surface area (Å²) in [4.78, 5) is 25.5. The molecule has 0 unspecified atom stereocenters. The number of hydrogen-bond acceptors (Lipinski definition) is 5. The van der Waals surface area contributed by atoms with E-state index in [-0.39, 0.29) is 24.1 Å². The monoisotopic (exact) mass is 416 g/mol. The number of anilines is 1. The Hall–Kier alpha value is -2.71. The van der Waals surface area contributed by atoms with Crippen molar-refractivity contribution >= 4 is 17.5 Å². The van der Waals surface area contributed by atoms with E-state index in [0.29, 0.717) is 25.2 Å². The van der Waals surface area contributed by atoms with E-state index in [4.69, 9.17) is 10.00 Å². The summed E-state index contributed by atoms with van der Waals surface area (Å²) >= 11 is 0. The predicted octanol–water partition coefficient (Wildman–Crippen LogP) is 2.00. The molecular formula is C18H20F4N4O3. The number of nitrogens with one attached hydrogen (secondary N) is 2. The summed E-state index contributed by atoms with van der Waals surface area (Å²) in [5.41, 5.74) is 0.125. The highest BCUT2D eigenvalue weighted by Gasteiger charge is 2.37. The molecule has 2 atom stereocenters. The minimum Gasteiger partial charge on any atom is -0.356 e. The lowest BCUT2D eigenvalue weighted by atomic mass is 10.1. The third-order valence-corrected chi connectivity index (χ3v) is 4.37. The number of hydrogen-bond donors (Lipinski definition) is 2. The summed E-state index contributed by atoms with van der Waals surface area (Å²) in [6.07, 6.45) is -4.01. The Morgan fingerprint density at radius 2 is 2.14 bits per heavy atom. The Labute approximate surface area is 164 Å². The molecule has 0 saturated carbocycles. The molecule has 1 aromatic rings. The van der Waals surface area contributed by atoms with Gasteiger partial charge in [-0.15, -0.1) is 0 Å². The maximum absolute atomic E-state index is 13.3. The summed E-state index contributed by atoms with van der Waals surface area (Å²) in [6, 6.07) is 3.41. The van der Waals surface area contributed by atoms with Gasteiger partial charge in [-0.3, -0.25) is 14.5 Å². The number of ether oxygens (including phenoxy) is 1. The first-order chi connectivity index (χ1) is 13.6. The van der Waals surface area contributed by atoms with Gasteiger partial charge in [0.1, 0.15) is 24.5 Å². The van der Waals surface area contributed by atoms with E-state index in [1.54, 1.807) is 16.3 Å². The highest BCUT2D eigenvalue weighted by Crippen LogP contribution is 2.21. The molecule has 0 aromatic heterocycles. The second kappa shape index (κ2) is 9.67. The molecule has 2 rings (SSSR count). The summed E-state index contributed by atoms with van der Waals surface area (Å²) in [5, 5.41) is 13.2. The topological polar surface area (TPSA) is 94.5 Å². The molecule has 1 fully saturated rings. The molecule has 0 spiro atoms. The number of amides is 2. The standard InChI is InChI=1S/C18H20F4N4O3/c1-11(18(20,21)22)24-16(27)9-29-10-26-5-4-12(8-26)17(28)25-14-2-3-15(19)13(6-14)7-23/h2-3,6,11-12H,4-5,8-10H2,1H3,(H,24,27)(H,25,28)/t11-,12+/m1/s1. The van der Waals surface area contributed by atoms with Gasteiger partial charge in [-0.2, -0.15) is 18.4 Å². The van der Waals surface area contributed by atoms with Crippen LogP contribution in [0.3, 0.4) is 0 Å². The van der Waals surface area contributed by atoms with Crippen molar-refractivity contribution in [1.82, 2.24) is 10.2 Å². The first-order valence-electron chi connectivity index (χ1n) is 8.77. The van der Waals surface area contributed by atoms with Crippen LogP contribution in [-0.2, 0) is 14.3 Å². The molecule has 2 N–H and O–H groups in total. The molecule has 1 heterocycles. The minimum absolute atomic E-state index is 0.00721. The quantitative estimate of drug-likeness (QED) is 0.663. The van der Waals surface area contributed by atoms with E-state index in [2.05, 4.69) is 5.32 Å². The van der Waals surface area contributed by atoms with Crippen LogP contribution < -0.4 is 10.6 Å². The largest absolute Gasteiger partial charge is 0.408 e. The number of nitriles is 1. The highest BCUT2D eigenvalue weighted by atomic mass is 19.4. The van der Waals surface area contributed by atoms with Crippen LogP contribution >= 0.6 is 0 Å². The summed E-state index contributed by atoms with van der Waals surface area (Å²) in [7, 11) is 0. The molecule has 158 valence electrons. The zero-order valence-electron chi connectivity index (χ0n) is 15.6. The molecule has 2 amide bonds. The van der Waals surface area contributed by atoms with Crippen molar-refractivity contribution in [2.75, 3.05) is 31.7 Å². The van der Waals surface area contributed by atoms with Crippen molar-refractivity contribution in [3.63, 3.8) is 0 Å². The van der Waals surface area contributed by atoms with Crippen LogP contribution in [0.4, 0.5) is 23.2 Å². The van der Waals surface area contributed by atoms with Gasteiger partial charge in [0, 0.05) is 18.8 Å². The van der Waals surface area contributed by atoms with E-state index in [1.165, 1.54) is 12.1 Å². The SMILES string of the molecule is C[C@@H](NC(=O)COCN1CC[C@H](C(=O)Nc2ccc(F)c(C#N)c2)C1)C(F)(F)F. The number of rotatable bonds is 7. The fourth-order valence-corrected chi connectivity index (χ4v) is 2.73. The Morgan fingerprint density at radius 1 is 1.41 bits per heavy atom. The Kier molecular flexibility index (Phi) is 7.53. The van der Waals surface area contributed by atoms with Gasteiger partial charge in [0.25, 0.3) is 0 Å². The molecular weight excluding hydrogens is 396 g/mol. The molecule has 29 heavy (non-hydrogen) atoms. The van der Waals surface area contributed by atoms with Crippen LogP contribution in [0.25, 0.3) is 0 Å². The summed E-state index contributed by atoms with van der Waals surface area (Å²) in [6.45, 7) is 1.14. The van der Waals surface area contributed by atoms with Crippen molar-refractivity contribution in [1.29, 1.82) is 5.26 Å². The Balaban J connectivity index is 1.74. The van der Waals surface area contributed by atoms with Crippen molar-refractivity contribution in [2.24, 2.45) is 5.92 Å². The maximum Gasteiger partial charge on any atom is 0.408 e.